The van der Waals surface area contributed by atoms with Gasteiger partial charge >= 0.3 is 0 Å². The molecule has 26 heavy (non-hydrogen) atoms. The summed E-state index contributed by atoms with van der Waals surface area (Å²) in [4.78, 5) is 19.8. The van der Waals surface area contributed by atoms with Crippen LogP contribution in [0.5, 0.6) is 0 Å². The van der Waals surface area contributed by atoms with Gasteiger partial charge in [-0.1, -0.05) is 24.9 Å². The number of nitrogens with one attached hydrogen (secondary N) is 2. The smallest absolute Gasteiger partial charge is 0.252 e. The van der Waals surface area contributed by atoms with Gasteiger partial charge in [0.25, 0.3) is 5.91 Å². The monoisotopic (exact) mass is 380 g/mol. The molecular weight excluding hydrogens is 359 g/mol. The molecule has 0 fully saturated rings. The van der Waals surface area contributed by atoms with E-state index in [1.54, 1.807) is 6.07 Å². The van der Waals surface area contributed by atoms with Gasteiger partial charge in [0.1, 0.15) is 5.82 Å². The number of nitrogens with zero attached hydrogens (tertiary/aromatic N) is 2. The predicted molar refractivity (Wildman–Crippen MR) is 101 cm³/mol. The van der Waals surface area contributed by atoms with Gasteiger partial charge in [0.2, 0.25) is 0 Å². The molecule has 9 heteroatoms. The van der Waals surface area contributed by atoms with Crippen molar-refractivity contribution < 1.29 is 9.18 Å². The minimum Gasteiger partial charge on any atom is -0.365 e. The maximum absolute atomic E-state index is 14.4. The van der Waals surface area contributed by atoms with Crippen LogP contribution in [-0.4, -0.2) is 28.0 Å². The fraction of sp³-hybridized carbons (Fsp3) is 0.353. The molecule has 0 aromatic carbocycles. The summed E-state index contributed by atoms with van der Waals surface area (Å²) >= 11 is 5.91. The summed E-state index contributed by atoms with van der Waals surface area (Å²) in [5.74, 6) is -1.40. The van der Waals surface area contributed by atoms with Crippen molar-refractivity contribution >= 4 is 34.8 Å². The molecule has 7 nitrogen and oxygen atoms in total. The average Bonchev–Trinajstić information content (AvgIpc) is 2.56. The summed E-state index contributed by atoms with van der Waals surface area (Å²) in [5.41, 5.74) is 11.7. The summed E-state index contributed by atoms with van der Waals surface area (Å²) in [7, 11) is 0. The number of carbonyl (C=O) groups is 1. The number of hydrogen-bond acceptors (Lipinski definition) is 6. The molecule has 2 aromatic heterocycles. The number of primary amides is 1. The van der Waals surface area contributed by atoms with E-state index in [1.807, 2.05) is 13.8 Å². The first-order chi connectivity index (χ1) is 12.3. The standard InChI is InChI=1S/C17H22ClFN6O/c1-3-4-14(9(2)20)24-17-13(19)6-12(15(21)26)16(25-17)23-11-5-10(18)7-22-8-11/h5-9,14H,3-4,20H2,1-2H3,(H2,21,26)(H2,23,24,25)/t9-,14+/m0/s1. The van der Waals surface area contributed by atoms with E-state index in [-0.39, 0.29) is 29.3 Å². The molecule has 0 spiro atoms. The molecule has 2 heterocycles. The second kappa shape index (κ2) is 8.77. The highest BCUT2D eigenvalue weighted by Gasteiger charge is 2.20. The second-order valence-corrected chi connectivity index (χ2v) is 6.43. The Hall–Kier alpha value is -2.45. The number of carbonyl (C=O) groups excluding carboxylic acids is 1. The van der Waals surface area contributed by atoms with Crippen molar-refractivity contribution in [2.45, 2.75) is 38.8 Å². The molecule has 140 valence electrons. The highest BCUT2D eigenvalue weighted by atomic mass is 35.5. The van der Waals surface area contributed by atoms with Crippen molar-refractivity contribution in [1.29, 1.82) is 0 Å². The molecule has 6 N–H and O–H groups in total. The number of rotatable bonds is 8. The summed E-state index contributed by atoms with van der Waals surface area (Å²) in [6.07, 6.45) is 4.58. The van der Waals surface area contributed by atoms with Crippen LogP contribution in [0.4, 0.5) is 21.7 Å². The lowest BCUT2D eigenvalue weighted by Gasteiger charge is -2.23. The Balaban J connectivity index is 2.40. The Morgan fingerprint density at radius 2 is 2.08 bits per heavy atom. The van der Waals surface area contributed by atoms with Crippen LogP contribution in [0.2, 0.25) is 5.02 Å². The van der Waals surface area contributed by atoms with E-state index in [1.165, 1.54) is 12.4 Å². The van der Waals surface area contributed by atoms with Crippen LogP contribution in [0.25, 0.3) is 0 Å². The SMILES string of the molecule is CCC[C@@H](Nc1nc(Nc2cncc(Cl)c2)c(C(N)=O)cc1F)[C@H](C)N. The van der Waals surface area contributed by atoms with Gasteiger partial charge in [0, 0.05) is 18.3 Å². The summed E-state index contributed by atoms with van der Waals surface area (Å²) in [6.45, 7) is 3.84. The van der Waals surface area contributed by atoms with Gasteiger partial charge in [-0.25, -0.2) is 9.37 Å². The molecule has 0 saturated carbocycles. The van der Waals surface area contributed by atoms with Crippen LogP contribution < -0.4 is 22.1 Å². The van der Waals surface area contributed by atoms with Crippen LogP contribution in [0.1, 0.15) is 37.0 Å². The van der Waals surface area contributed by atoms with E-state index in [0.717, 1.165) is 18.9 Å². The predicted octanol–water partition coefficient (Wildman–Crippen LogP) is 3.04. The first-order valence-corrected chi connectivity index (χ1v) is 8.59. The molecule has 1 amide bonds. The van der Waals surface area contributed by atoms with Crippen LogP contribution in [0, 0.1) is 5.82 Å². The molecule has 0 bridgehead atoms. The number of hydrogen-bond donors (Lipinski definition) is 4. The minimum atomic E-state index is -0.808. The number of anilines is 3. The molecule has 2 rings (SSSR count). The zero-order valence-electron chi connectivity index (χ0n) is 14.6. The topological polar surface area (TPSA) is 119 Å². The quantitative estimate of drug-likeness (QED) is 0.558. The third-order valence-corrected chi connectivity index (χ3v) is 3.97. The Morgan fingerprint density at radius 1 is 1.35 bits per heavy atom. The third kappa shape index (κ3) is 5.03. The molecular formula is C17H22ClFN6O. The lowest BCUT2D eigenvalue weighted by molar-refractivity contribution is 0.100. The van der Waals surface area contributed by atoms with Crippen LogP contribution >= 0.6 is 11.6 Å². The fourth-order valence-electron chi connectivity index (χ4n) is 2.44. The molecule has 0 aliphatic heterocycles. The highest BCUT2D eigenvalue weighted by Crippen LogP contribution is 2.25. The number of halogens is 2. The Morgan fingerprint density at radius 3 is 2.65 bits per heavy atom. The normalized spacial score (nSPS) is 13.1. The summed E-state index contributed by atoms with van der Waals surface area (Å²) < 4.78 is 14.4. The molecule has 2 aromatic rings. The van der Waals surface area contributed by atoms with Gasteiger partial charge in [-0.05, 0) is 25.5 Å². The van der Waals surface area contributed by atoms with E-state index in [4.69, 9.17) is 23.1 Å². The largest absolute Gasteiger partial charge is 0.365 e. The first-order valence-electron chi connectivity index (χ1n) is 8.21. The van der Waals surface area contributed by atoms with E-state index >= 15 is 0 Å². The molecule has 0 radical (unpaired) electrons. The van der Waals surface area contributed by atoms with Gasteiger partial charge in [-0.3, -0.25) is 9.78 Å². The van der Waals surface area contributed by atoms with Crippen LogP contribution in [0.15, 0.2) is 24.5 Å². The van der Waals surface area contributed by atoms with Gasteiger partial charge in [0.15, 0.2) is 11.6 Å². The number of nitrogens with two attached hydrogens (primary N) is 2. The third-order valence-electron chi connectivity index (χ3n) is 3.77. The van der Waals surface area contributed by atoms with E-state index in [0.29, 0.717) is 10.7 Å². The van der Waals surface area contributed by atoms with Crippen molar-refractivity contribution in [3.63, 3.8) is 0 Å². The highest BCUT2D eigenvalue weighted by molar-refractivity contribution is 6.30. The summed E-state index contributed by atoms with van der Waals surface area (Å²) in [5, 5.41) is 6.31. The van der Waals surface area contributed by atoms with E-state index < -0.39 is 11.7 Å². The average molecular weight is 381 g/mol. The second-order valence-electron chi connectivity index (χ2n) is 5.99. The zero-order valence-corrected chi connectivity index (χ0v) is 15.3. The molecule has 0 saturated heterocycles. The van der Waals surface area contributed by atoms with Gasteiger partial charge in [-0.15, -0.1) is 0 Å². The zero-order chi connectivity index (χ0) is 19.3. The van der Waals surface area contributed by atoms with Gasteiger partial charge in [-0.2, -0.15) is 0 Å². The Kier molecular flexibility index (Phi) is 6.70. The molecule has 0 aliphatic rings. The van der Waals surface area contributed by atoms with Crippen LogP contribution in [0.3, 0.4) is 0 Å². The molecule has 2 atom stereocenters. The Bertz CT molecular complexity index is 786. The van der Waals surface area contributed by atoms with Gasteiger partial charge < -0.3 is 22.1 Å². The van der Waals surface area contributed by atoms with Crippen LogP contribution in [-0.2, 0) is 0 Å². The van der Waals surface area contributed by atoms with E-state index in [9.17, 15) is 9.18 Å². The lowest BCUT2D eigenvalue weighted by Crippen LogP contribution is -2.38. The van der Waals surface area contributed by atoms with Gasteiger partial charge in [0.05, 0.1) is 22.5 Å². The minimum absolute atomic E-state index is 0.0109. The van der Waals surface area contributed by atoms with Crippen molar-refractivity contribution in [1.82, 2.24) is 9.97 Å². The maximum atomic E-state index is 14.4. The lowest BCUT2D eigenvalue weighted by atomic mass is 10.1. The summed E-state index contributed by atoms with van der Waals surface area (Å²) in [6, 6.07) is 2.27. The van der Waals surface area contributed by atoms with Crippen molar-refractivity contribution in [3.05, 3.63) is 40.9 Å². The van der Waals surface area contributed by atoms with Crippen molar-refractivity contribution in [2.24, 2.45) is 11.5 Å². The fourth-order valence-corrected chi connectivity index (χ4v) is 2.62. The number of aromatic nitrogens is 2. The number of pyridine rings is 2. The maximum Gasteiger partial charge on any atom is 0.252 e. The number of amides is 1. The Labute approximate surface area is 156 Å². The van der Waals surface area contributed by atoms with E-state index in [2.05, 4.69) is 20.6 Å². The van der Waals surface area contributed by atoms with Crippen molar-refractivity contribution in [3.8, 4) is 0 Å². The molecule has 0 unspecified atom stereocenters. The first kappa shape index (κ1) is 19.9. The molecule has 0 aliphatic carbocycles. The van der Waals surface area contributed by atoms with Crippen molar-refractivity contribution in [2.75, 3.05) is 10.6 Å².